The average molecular weight is 471 g/mol. The predicted octanol–water partition coefficient (Wildman–Crippen LogP) is 3.54. The third kappa shape index (κ3) is 2.63. The molecule has 0 spiro atoms. The normalized spacial score (nSPS) is 47.9. The van der Waals surface area contributed by atoms with Gasteiger partial charge in [-0.1, -0.05) is 30.7 Å². The van der Waals surface area contributed by atoms with Crippen LogP contribution in [0.25, 0.3) is 0 Å². The zero-order chi connectivity index (χ0) is 24.9. The van der Waals surface area contributed by atoms with E-state index in [9.17, 15) is 24.9 Å². The van der Waals surface area contributed by atoms with E-state index < -0.39 is 39.7 Å². The minimum Gasteiger partial charge on any atom is -0.455 e. The molecule has 0 bridgehead atoms. The van der Waals surface area contributed by atoms with Gasteiger partial charge in [-0.2, -0.15) is 0 Å². The summed E-state index contributed by atoms with van der Waals surface area (Å²) in [6, 6.07) is 0. The van der Waals surface area contributed by atoms with Crippen LogP contribution in [0.1, 0.15) is 79.6 Å². The molecule has 34 heavy (non-hydrogen) atoms. The molecule has 5 aliphatic rings. The Kier molecular flexibility index (Phi) is 5.03. The molecule has 2 saturated carbocycles. The van der Waals surface area contributed by atoms with Crippen molar-refractivity contribution >= 4 is 11.8 Å². The average Bonchev–Trinajstić information content (AvgIpc) is 3.00. The van der Waals surface area contributed by atoms with Crippen LogP contribution in [0.5, 0.6) is 0 Å². The van der Waals surface area contributed by atoms with Crippen molar-refractivity contribution < 1.29 is 29.6 Å². The van der Waals surface area contributed by atoms with Gasteiger partial charge in [0.05, 0.1) is 11.0 Å². The second-order valence-electron chi connectivity index (χ2n) is 12.1. The van der Waals surface area contributed by atoms with Crippen LogP contribution in [0, 0.1) is 22.7 Å². The molecule has 2 fully saturated rings. The van der Waals surface area contributed by atoms with Gasteiger partial charge in [0.1, 0.15) is 23.1 Å². The van der Waals surface area contributed by atoms with E-state index in [2.05, 4.69) is 12.2 Å². The van der Waals surface area contributed by atoms with Gasteiger partial charge in [-0.25, -0.2) is 4.79 Å². The van der Waals surface area contributed by atoms with E-state index in [4.69, 9.17) is 4.74 Å². The highest BCUT2D eigenvalue weighted by atomic mass is 16.6. The Morgan fingerprint density at radius 2 is 1.79 bits per heavy atom. The van der Waals surface area contributed by atoms with Gasteiger partial charge in [0.25, 0.3) is 0 Å². The minimum absolute atomic E-state index is 0.0179. The second-order valence-corrected chi connectivity index (χ2v) is 12.1. The number of fused-ring (bicyclic) bond motifs is 5. The number of aliphatic hydroxyl groups is 3. The summed E-state index contributed by atoms with van der Waals surface area (Å²) in [4.78, 5) is 25.6. The fourth-order valence-corrected chi connectivity index (χ4v) is 8.38. The highest BCUT2D eigenvalue weighted by Gasteiger charge is 2.76. The fraction of sp³-hybridized carbons (Fsp3) is 0.714. The van der Waals surface area contributed by atoms with Gasteiger partial charge in [0.15, 0.2) is 0 Å². The van der Waals surface area contributed by atoms with Crippen LogP contribution < -0.4 is 0 Å². The van der Waals surface area contributed by atoms with E-state index in [1.165, 1.54) is 0 Å². The summed E-state index contributed by atoms with van der Waals surface area (Å²) in [6.45, 7) is 9.01. The molecular weight excluding hydrogens is 432 g/mol. The Bertz CT molecular complexity index is 1050. The van der Waals surface area contributed by atoms with Crippen molar-refractivity contribution in [2.24, 2.45) is 22.7 Å². The standard InChI is InChI=1S/C28H38O6/c1-16-15-22(34-23(30)17(16)2)26(5,31)28(33)14-13-27(32)20-10-9-18-7-6-8-21(29)25(18,4)19(20)11-12-24(27,28)3/h6-7,9,19-20,22,31-33H,8,10-15H2,1-5H3/t19-,20-,22-,24-,25+,26-,27-,28-/m1/s1. The van der Waals surface area contributed by atoms with E-state index >= 15 is 0 Å². The molecule has 5 rings (SSSR count). The van der Waals surface area contributed by atoms with Crippen molar-refractivity contribution in [3.05, 3.63) is 34.9 Å². The van der Waals surface area contributed by atoms with E-state index in [0.29, 0.717) is 44.1 Å². The van der Waals surface area contributed by atoms with Crippen LogP contribution in [-0.4, -0.2) is 50.0 Å². The quantitative estimate of drug-likeness (QED) is 0.534. The van der Waals surface area contributed by atoms with Crippen molar-refractivity contribution in [2.75, 3.05) is 0 Å². The van der Waals surface area contributed by atoms with E-state index in [1.807, 2.05) is 26.8 Å². The lowest BCUT2D eigenvalue weighted by atomic mass is 9.44. The molecule has 6 nitrogen and oxygen atoms in total. The van der Waals surface area contributed by atoms with E-state index in [-0.39, 0.29) is 24.0 Å². The Morgan fingerprint density at radius 3 is 2.47 bits per heavy atom. The maximum absolute atomic E-state index is 13.1. The fourth-order valence-electron chi connectivity index (χ4n) is 8.38. The first-order valence-corrected chi connectivity index (χ1v) is 12.7. The first-order chi connectivity index (χ1) is 15.7. The summed E-state index contributed by atoms with van der Waals surface area (Å²) in [5, 5.41) is 36.5. The van der Waals surface area contributed by atoms with Gasteiger partial charge in [-0.05, 0) is 77.2 Å². The maximum atomic E-state index is 13.1. The van der Waals surface area contributed by atoms with E-state index in [0.717, 1.165) is 11.1 Å². The molecule has 0 saturated heterocycles. The van der Waals surface area contributed by atoms with Crippen LogP contribution in [0.2, 0.25) is 0 Å². The summed E-state index contributed by atoms with van der Waals surface area (Å²) < 4.78 is 5.63. The lowest BCUT2D eigenvalue weighted by Gasteiger charge is -2.63. The molecule has 0 aromatic rings. The van der Waals surface area contributed by atoms with Gasteiger partial charge >= 0.3 is 5.97 Å². The number of carbonyl (C=O) groups is 2. The van der Waals surface area contributed by atoms with Crippen molar-refractivity contribution in [2.45, 2.75) is 102 Å². The van der Waals surface area contributed by atoms with Crippen LogP contribution >= 0.6 is 0 Å². The number of carbonyl (C=O) groups excluding carboxylic acids is 2. The van der Waals surface area contributed by atoms with Crippen molar-refractivity contribution in [1.82, 2.24) is 0 Å². The first-order valence-electron chi connectivity index (χ1n) is 12.7. The molecule has 0 radical (unpaired) electrons. The van der Waals surface area contributed by atoms with Crippen LogP contribution in [0.15, 0.2) is 34.9 Å². The highest BCUT2D eigenvalue weighted by Crippen LogP contribution is 2.70. The zero-order valence-corrected chi connectivity index (χ0v) is 21.0. The summed E-state index contributed by atoms with van der Waals surface area (Å²) in [7, 11) is 0. The number of cyclic esters (lactones) is 1. The van der Waals surface area contributed by atoms with Gasteiger partial charge in [-0.3, -0.25) is 4.79 Å². The zero-order valence-electron chi connectivity index (χ0n) is 21.0. The molecular formula is C28H38O6. The lowest BCUT2D eigenvalue weighted by Crippen LogP contribution is -2.72. The van der Waals surface area contributed by atoms with Gasteiger partial charge in [0, 0.05) is 23.8 Å². The van der Waals surface area contributed by atoms with Crippen molar-refractivity contribution in [3.63, 3.8) is 0 Å². The Labute approximate surface area is 201 Å². The monoisotopic (exact) mass is 470 g/mol. The number of Topliss-reactive ketones (excluding diaryl/α,β-unsaturated/α-hetero) is 1. The molecule has 0 unspecified atom stereocenters. The number of ether oxygens (including phenoxy) is 1. The van der Waals surface area contributed by atoms with Crippen LogP contribution in [0.3, 0.4) is 0 Å². The van der Waals surface area contributed by atoms with E-state index in [1.54, 1.807) is 13.8 Å². The molecule has 1 heterocycles. The Balaban J connectivity index is 1.54. The van der Waals surface area contributed by atoms with Crippen LogP contribution in [0.4, 0.5) is 0 Å². The molecule has 6 heteroatoms. The molecule has 8 atom stereocenters. The highest BCUT2D eigenvalue weighted by molar-refractivity contribution is 5.92. The summed E-state index contributed by atoms with van der Waals surface area (Å²) >= 11 is 0. The SMILES string of the molecule is CC1=C(C)C(=O)O[C@@H]([C@@](C)(O)[C@@]2(O)CC[C@@]3(O)[C@@H]4CC=C5C=CCC(=O)[C@]5(C)[C@@H]4CC[C@@]23C)C1. The third-order valence-electron chi connectivity index (χ3n) is 11.1. The van der Waals surface area contributed by atoms with Crippen molar-refractivity contribution in [3.8, 4) is 0 Å². The number of ketones is 1. The molecule has 3 N–H and O–H groups in total. The Hall–Kier alpha value is -1.76. The summed E-state index contributed by atoms with van der Waals surface area (Å²) in [5.74, 6) is -0.495. The smallest absolute Gasteiger partial charge is 0.334 e. The molecule has 0 aromatic carbocycles. The van der Waals surface area contributed by atoms with Crippen LogP contribution in [-0.2, 0) is 14.3 Å². The predicted molar refractivity (Wildman–Crippen MR) is 127 cm³/mol. The van der Waals surface area contributed by atoms with Crippen molar-refractivity contribution in [1.29, 1.82) is 0 Å². The Morgan fingerprint density at radius 1 is 1.09 bits per heavy atom. The third-order valence-corrected chi connectivity index (χ3v) is 11.1. The number of hydrogen-bond acceptors (Lipinski definition) is 6. The van der Waals surface area contributed by atoms with Gasteiger partial charge < -0.3 is 20.1 Å². The minimum atomic E-state index is -1.75. The number of rotatable bonds is 2. The summed E-state index contributed by atoms with van der Waals surface area (Å²) in [6.07, 6.45) is 8.25. The number of esters is 1. The number of hydrogen-bond donors (Lipinski definition) is 3. The molecule has 1 aliphatic heterocycles. The summed E-state index contributed by atoms with van der Waals surface area (Å²) in [5.41, 5.74) is -3.87. The first kappa shape index (κ1) is 24.0. The molecule has 0 aromatic heterocycles. The lowest BCUT2D eigenvalue weighted by molar-refractivity contribution is -0.279. The molecule has 4 aliphatic carbocycles. The molecule has 186 valence electrons. The second kappa shape index (κ2) is 7.14. The molecule has 0 amide bonds. The largest absolute Gasteiger partial charge is 0.455 e. The van der Waals surface area contributed by atoms with Gasteiger partial charge in [0.2, 0.25) is 0 Å². The maximum Gasteiger partial charge on any atom is 0.334 e. The number of allylic oxidation sites excluding steroid dienone is 4. The topological polar surface area (TPSA) is 104 Å². The van der Waals surface area contributed by atoms with Gasteiger partial charge in [-0.15, -0.1) is 0 Å².